The van der Waals surface area contributed by atoms with E-state index in [1.54, 1.807) is 6.20 Å². The molecule has 0 radical (unpaired) electrons. The van der Waals surface area contributed by atoms with Gasteiger partial charge in [-0.25, -0.2) is 9.97 Å². The van der Waals surface area contributed by atoms with Gasteiger partial charge in [-0.05, 0) is 24.6 Å². The van der Waals surface area contributed by atoms with E-state index in [0.29, 0.717) is 12.4 Å². The summed E-state index contributed by atoms with van der Waals surface area (Å²) < 4.78 is 2.07. The molecular weight excluding hydrogens is 264 g/mol. The zero-order valence-corrected chi connectivity index (χ0v) is 11.1. The third kappa shape index (κ3) is 2.26. The lowest BCUT2D eigenvalue weighted by Gasteiger charge is -2.08. The standard InChI is InChI=1S/C12H13ClN6/c1-2-19-6-5-14-9(19)7-16-11-8-3-4-15-10(8)17-12(13)18-11/h3-6H,2,7H2,1H3,(H2,15,16,17,18). The van der Waals surface area contributed by atoms with Crippen LogP contribution in [0.3, 0.4) is 0 Å². The highest BCUT2D eigenvalue weighted by Gasteiger charge is 2.08. The van der Waals surface area contributed by atoms with Crippen LogP contribution in [-0.4, -0.2) is 24.5 Å². The van der Waals surface area contributed by atoms with Crippen LogP contribution in [0.4, 0.5) is 5.82 Å². The molecule has 6 nitrogen and oxygen atoms in total. The van der Waals surface area contributed by atoms with Gasteiger partial charge in [0, 0.05) is 25.1 Å². The van der Waals surface area contributed by atoms with Crippen molar-refractivity contribution < 1.29 is 0 Å². The molecule has 0 spiro atoms. The van der Waals surface area contributed by atoms with Gasteiger partial charge in [0.05, 0.1) is 11.9 Å². The van der Waals surface area contributed by atoms with Crippen molar-refractivity contribution in [3.8, 4) is 0 Å². The Morgan fingerprint density at radius 3 is 3.16 bits per heavy atom. The summed E-state index contributed by atoms with van der Waals surface area (Å²) in [6.07, 6.45) is 5.56. The molecule has 0 aliphatic heterocycles. The first-order valence-corrected chi connectivity index (χ1v) is 6.40. The molecule has 0 bridgehead atoms. The van der Waals surface area contributed by atoms with Crippen molar-refractivity contribution in [2.75, 3.05) is 5.32 Å². The van der Waals surface area contributed by atoms with Gasteiger partial charge in [0.2, 0.25) is 5.28 Å². The fourth-order valence-corrected chi connectivity index (χ4v) is 2.18. The number of rotatable bonds is 4. The highest BCUT2D eigenvalue weighted by molar-refractivity contribution is 6.28. The van der Waals surface area contributed by atoms with Crippen LogP contribution in [0.25, 0.3) is 11.0 Å². The quantitative estimate of drug-likeness (QED) is 0.718. The number of hydrogen-bond donors (Lipinski definition) is 2. The van der Waals surface area contributed by atoms with Crippen LogP contribution in [-0.2, 0) is 13.1 Å². The Hall–Kier alpha value is -2.08. The fraction of sp³-hybridized carbons (Fsp3) is 0.250. The molecule has 98 valence electrons. The topological polar surface area (TPSA) is 71.4 Å². The summed E-state index contributed by atoms with van der Waals surface area (Å²) in [6, 6.07) is 1.92. The van der Waals surface area contributed by atoms with Gasteiger partial charge in [0.25, 0.3) is 0 Å². The van der Waals surface area contributed by atoms with Crippen molar-refractivity contribution in [2.45, 2.75) is 20.0 Å². The molecular formula is C12H13ClN6. The maximum Gasteiger partial charge on any atom is 0.226 e. The lowest BCUT2D eigenvalue weighted by Crippen LogP contribution is -2.09. The van der Waals surface area contributed by atoms with Crippen molar-refractivity contribution in [3.63, 3.8) is 0 Å². The van der Waals surface area contributed by atoms with E-state index in [1.807, 2.05) is 18.5 Å². The number of aromatic amines is 1. The molecule has 3 heterocycles. The van der Waals surface area contributed by atoms with E-state index in [2.05, 4.69) is 36.7 Å². The van der Waals surface area contributed by atoms with Crippen LogP contribution in [0.5, 0.6) is 0 Å². The number of fused-ring (bicyclic) bond motifs is 1. The van der Waals surface area contributed by atoms with Crippen LogP contribution in [0.1, 0.15) is 12.7 Å². The van der Waals surface area contributed by atoms with Crippen molar-refractivity contribution >= 4 is 28.5 Å². The molecule has 0 fully saturated rings. The minimum atomic E-state index is 0.219. The van der Waals surface area contributed by atoms with Crippen molar-refractivity contribution in [2.24, 2.45) is 0 Å². The highest BCUT2D eigenvalue weighted by Crippen LogP contribution is 2.21. The molecule has 19 heavy (non-hydrogen) atoms. The van der Waals surface area contributed by atoms with Crippen LogP contribution in [0, 0.1) is 0 Å². The van der Waals surface area contributed by atoms with Gasteiger partial charge in [-0.2, -0.15) is 4.98 Å². The number of aromatic nitrogens is 5. The first-order chi connectivity index (χ1) is 9.28. The van der Waals surface area contributed by atoms with E-state index < -0.39 is 0 Å². The Labute approximate surface area is 114 Å². The zero-order chi connectivity index (χ0) is 13.2. The van der Waals surface area contributed by atoms with Gasteiger partial charge in [0.15, 0.2) is 0 Å². The second-order valence-corrected chi connectivity index (χ2v) is 4.40. The molecule has 7 heteroatoms. The predicted octanol–water partition coefficient (Wildman–Crippen LogP) is 2.44. The van der Waals surface area contributed by atoms with E-state index in [4.69, 9.17) is 11.6 Å². The molecule has 0 aromatic carbocycles. The second-order valence-electron chi connectivity index (χ2n) is 4.06. The van der Waals surface area contributed by atoms with Crippen molar-refractivity contribution in [3.05, 3.63) is 35.8 Å². The van der Waals surface area contributed by atoms with Crippen LogP contribution in [0.2, 0.25) is 5.28 Å². The third-order valence-electron chi connectivity index (χ3n) is 2.94. The van der Waals surface area contributed by atoms with Gasteiger partial charge >= 0.3 is 0 Å². The van der Waals surface area contributed by atoms with Gasteiger partial charge in [0.1, 0.15) is 17.3 Å². The number of hydrogen-bond acceptors (Lipinski definition) is 4. The van der Waals surface area contributed by atoms with Crippen molar-refractivity contribution in [1.29, 1.82) is 0 Å². The summed E-state index contributed by atoms with van der Waals surface area (Å²) in [4.78, 5) is 15.7. The van der Waals surface area contributed by atoms with Gasteiger partial charge < -0.3 is 14.9 Å². The van der Waals surface area contributed by atoms with E-state index in [-0.39, 0.29) is 5.28 Å². The molecule has 0 unspecified atom stereocenters. The first-order valence-electron chi connectivity index (χ1n) is 6.02. The molecule has 3 aromatic rings. The van der Waals surface area contributed by atoms with Crippen LogP contribution >= 0.6 is 11.6 Å². The fourth-order valence-electron chi connectivity index (χ4n) is 2.01. The number of halogens is 1. The molecule has 0 aliphatic carbocycles. The summed E-state index contributed by atoms with van der Waals surface area (Å²) >= 11 is 5.90. The number of aryl methyl sites for hydroxylation is 1. The molecule has 0 amide bonds. The van der Waals surface area contributed by atoms with E-state index in [9.17, 15) is 0 Å². The van der Waals surface area contributed by atoms with E-state index in [1.165, 1.54) is 0 Å². The Bertz CT molecular complexity index is 701. The van der Waals surface area contributed by atoms with Crippen molar-refractivity contribution in [1.82, 2.24) is 24.5 Å². The van der Waals surface area contributed by atoms with Crippen LogP contribution < -0.4 is 5.32 Å². The number of anilines is 1. The monoisotopic (exact) mass is 276 g/mol. The maximum absolute atomic E-state index is 5.90. The molecule has 3 rings (SSSR count). The van der Waals surface area contributed by atoms with Crippen LogP contribution in [0.15, 0.2) is 24.7 Å². The Morgan fingerprint density at radius 2 is 2.32 bits per heavy atom. The minimum Gasteiger partial charge on any atom is -0.362 e. The maximum atomic E-state index is 5.90. The molecule has 2 N–H and O–H groups in total. The Balaban J connectivity index is 1.87. The number of nitrogens with zero attached hydrogens (tertiary/aromatic N) is 4. The molecule has 0 saturated heterocycles. The van der Waals surface area contributed by atoms with Gasteiger partial charge in [-0.1, -0.05) is 0 Å². The first kappa shape index (κ1) is 12.0. The average molecular weight is 277 g/mol. The lowest BCUT2D eigenvalue weighted by molar-refractivity contribution is 0.707. The third-order valence-corrected chi connectivity index (χ3v) is 3.11. The number of imidazole rings is 1. The largest absolute Gasteiger partial charge is 0.362 e. The Kier molecular flexibility index (Phi) is 3.08. The summed E-state index contributed by atoms with van der Waals surface area (Å²) in [7, 11) is 0. The lowest BCUT2D eigenvalue weighted by atomic mass is 10.3. The number of nitrogens with one attached hydrogen (secondary N) is 2. The van der Waals surface area contributed by atoms with E-state index in [0.717, 1.165) is 23.4 Å². The molecule has 0 aliphatic rings. The summed E-state index contributed by atoms with van der Waals surface area (Å²) in [5.41, 5.74) is 0.723. The number of H-pyrrole nitrogens is 1. The Morgan fingerprint density at radius 1 is 1.42 bits per heavy atom. The van der Waals surface area contributed by atoms with E-state index >= 15 is 0 Å². The van der Waals surface area contributed by atoms with Gasteiger partial charge in [-0.3, -0.25) is 0 Å². The zero-order valence-electron chi connectivity index (χ0n) is 10.4. The summed E-state index contributed by atoms with van der Waals surface area (Å²) in [5.74, 6) is 1.67. The molecule has 3 aromatic heterocycles. The summed E-state index contributed by atoms with van der Waals surface area (Å²) in [6.45, 7) is 3.56. The molecule has 0 saturated carbocycles. The summed E-state index contributed by atoms with van der Waals surface area (Å²) in [5, 5.41) is 4.39. The predicted molar refractivity (Wildman–Crippen MR) is 74.1 cm³/mol. The highest BCUT2D eigenvalue weighted by atomic mass is 35.5. The molecule has 0 atom stereocenters. The SMILES string of the molecule is CCn1ccnc1CNc1nc(Cl)nc2[nH]ccc12. The minimum absolute atomic E-state index is 0.219. The second kappa shape index (κ2) is 4.89. The normalized spacial score (nSPS) is 11.1. The smallest absolute Gasteiger partial charge is 0.226 e. The van der Waals surface area contributed by atoms with Gasteiger partial charge in [-0.15, -0.1) is 0 Å². The average Bonchev–Trinajstić information content (AvgIpc) is 3.03.